The van der Waals surface area contributed by atoms with E-state index in [1.807, 2.05) is 30.3 Å². The summed E-state index contributed by atoms with van der Waals surface area (Å²) in [6.07, 6.45) is -1.19. The van der Waals surface area contributed by atoms with Gasteiger partial charge in [-0.1, -0.05) is 42.5 Å². The van der Waals surface area contributed by atoms with Gasteiger partial charge in [0.2, 0.25) is 0 Å². The smallest absolute Gasteiger partial charge is 0.339 e. The first-order valence-electron chi connectivity index (χ1n) is 10.1. The lowest BCUT2D eigenvalue weighted by molar-refractivity contribution is -0.123. The van der Waals surface area contributed by atoms with Crippen LogP contribution in [0.25, 0.3) is 0 Å². The maximum atomic E-state index is 13.7. The lowest BCUT2D eigenvalue weighted by Crippen LogP contribution is -2.30. The second kappa shape index (κ2) is 9.01. The average Bonchev–Trinajstić information content (AvgIpc) is 2.80. The van der Waals surface area contributed by atoms with Crippen LogP contribution in [0.2, 0.25) is 0 Å². The van der Waals surface area contributed by atoms with Crippen LogP contribution in [0.1, 0.15) is 44.9 Å². The molecule has 6 nitrogen and oxygen atoms in total. The molecule has 162 valence electrons. The summed E-state index contributed by atoms with van der Waals surface area (Å²) in [5.74, 6) is -2.43. The van der Waals surface area contributed by atoms with Gasteiger partial charge in [0.05, 0.1) is 16.8 Å². The third-order valence-corrected chi connectivity index (χ3v) is 5.17. The molecule has 0 bridgehead atoms. The van der Waals surface area contributed by atoms with Gasteiger partial charge < -0.3 is 14.8 Å². The number of carbonyl (C=O) groups excluding carboxylic acids is 3. The number of para-hydroxylation sites is 1. The fourth-order valence-corrected chi connectivity index (χ4v) is 3.46. The van der Waals surface area contributed by atoms with E-state index in [0.29, 0.717) is 17.5 Å². The molecule has 1 aliphatic heterocycles. The first-order valence-corrected chi connectivity index (χ1v) is 10.1. The number of amides is 1. The number of ether oxygens (including phenoxy) is 2. The van der Waals surface area contributed by atoms with Crippen LogP contribution in [-0.2, 0) is 20.7 Å². The van der Waals surface area contributed by atoms with E-state index >= 15 is 0 Å². The van der Waals surface area contributed by atoms with Crippen molar-refractivity contribution in [3.63, 3.8) is 0 Å². The Morgan fingerprint density at radius 1 is 1.06 bits per heavy atom. The van der Waals surface area contributed by atoms with E-state index in [0.717, 1.165) is 5.56 Å². The van der Waals surface area contributed by atoms with E-state index in [1.165, 1.54) is 37.3 Å². The molecule has 1 aliphatic rings. The first kappa shape index (κ1) is 21.2. The Balaban J connectivity index is 1.46. The number of halogens is 1. The van der Waals surface area contributed by atoms with Crippen molar-refractivity contribution in [2.24, 2.45) is 0 Å². The third-order valence-electron chi connectivity index (χ3n) is 5.17. The van der Waals surface area contributed by atoms with E-state index in [1.54, 1.807) is 12.1 Å². The van der Waals surface area contributed by atoms with Gasteiger partial charge in [-0.15, -0.1) is 0 Å². The Morgan fingerprint density at radius 3 is 2.53 bits per heavy atom. The number of nitrogens with one attached hydrogen (secondary N) is 1. The minimum Gasteiger partial charge on any atom is -0.454 e. The van der Waals surface area contributed by atoms with Crippen LogP contribution in [0.3, 0.4) is 0 Å². The lowest BCUT2D eigenvalue weighted by atomic mass is 9.93. The van der Waals surface area contributed by atoms with Gasteiger partial charge in [0.1, 0.15) is 11.9 Å². The molecule has 4 rings (SSSR count). The maximum absolute atomic E-state index is 13.7. The van der Waals surface area contributed by atoms with Crippen molar-refractivity contribution >= 4 is 23.5 Å². The first-order chi connectivity index (χ1) is 15.4. The highest BCUT2D eigenvalue weighted by Gasteiger charge is 2.29. The Kier molecular flexibility index (Phi) is 5.98. The summed E-state index contributed by atoms with van der Waals surface area (Å²) in [5, 5.41) is 2.39. The van der Waals surface area contributed by atoms with E-state index < -0.39 is 35.9 Å². The molecule has 0 saturated heterocycles. The molecule has 0 aromatic heterocycles. The third kappa shape index (κ3) is 4.51. The molecule has 0 radical (unpaired) electrons. The van der Waals surface area contributed by atoms with Gasteiger partial charge in [-0.2, -0.15) is 0 Å². The number of esters is 2. The molecule has 2 atom stereocenters. The highest BCUT2D eigenvalue weighted by molar-refractivity contribution is 5.98. The van der Waals surface area contributed by atoms with Crippen LogP contribution >= 0.6 is 0 Å². The monoisotopic (exact) mass is 433 g/mol. The molecule has 3 aromatic rings. The summed E-state index contributed by atoms with van der Waals surface area (Å²) in [6.45, 7) is 1.40. The molecular formula is C25H20FNO5. The second-order valence-electron chi connectivity index (χ2n) is 7.40. The number of rotatable bonds is 5. The summed E-state index contributed by atoms with van der Waals surface area (Å²) in [4.78, 5) is 37.3. The Bertz CT molecular complexity index is 1180. The quantitative estimate of drug-likeness (QED) is 0.601. The van der Waals surface area contributed by atoms with Crippen LogP contribution in [0.5, 0.6) is 0 Å². The van der Waals surface area contributed by atoms with Crippen LogP contribution < -0.4 is 5.32 Å². The van der Waals surface area contributed by atoms with Crippen molar-refractivity contribution in [2.75, 3.05) is 5.32 Å². The predicted octanol–water partition coefficient (Wildman–Crippen LogP) is 4.46. The zero-order chi connectivity index (χ0) is 22.7. The Hall–Kier alpha value is -4.00. The number of cyclic esters (lactones) is 1. The number of hydrogen-bond acceptors (Lipinski definition) is 5. The number of fused-ring (bicyclic) bond motifs is 1. The predicted molar refractivity (Wildman–Crippen MR) is 115 cm³/mol. The van der Waals surface area contributed by atoms with Gasteiger partial charge in [-0.25, -0.2) is 14.0 Å². The summed E-state index contributed by atoms with van der Waals surface area (Å²) in [7, 11) is 0. The number of benzene rings is 3. The molecule has 0 fully saturated rings. The molecule has 0 saturated carbocycles. The molecule has 7 heteroatoms. The second-order valence-corrected chi connectivity index (χ2v) is 7.40. The van der Waals surface area contributed by atoms with E-state index in [-0.39, 0.29) is 11.3 Å². The van der Waals surface area contributed by atoms with Crippen molar-refractivity contribution in [3.8, 4) is 0 Å². The van der Waals surface area contributed by atoms with Crippen LogP contribution in [0, 0.1) is 5.82 Å². The number of anilines is 1. The Morgan fingerprint density at radius 2 is 1.78 bits per heavy atom. The highest BCUT2D eigenvalue weighted by Crippen LogP contribution is 2.31. The van der Waals surface area contributed by atoms with Crippen molar-refractivity contribution in [1.29, 1.82) is 0 Å². The minimum atomic E-state index is -1.15. The normalized spacial score (nSPS) is 15.8. The van der Waals surface area contributed by atoms with Crippen LogP contribution in [0.4, 0.5) is 10.1 Å². The maximum Gasteiger partial charge on any atom is 0.339 e. The van der Waals surface area contributed by atoms with Crippen molar-refractivity contribution < 1.29 is 28.2 Å². The van der Waals surface area contributed by atoms with E-state index in [9.17, 15) is 18.8 Å². The molecule has 1 amide bonds. The summed E-state index contributed by atoms with van der Waals surface area (Å²) >= 11 is 0. The topological polar surface area (TPSA) is 81.7 Å². The van der Waals surface area contributed by atoms with E-state index in [4.69, 9.17) is 9.47 Å². The molecule has 32 heavy (non-hydrogen) atoms. The minimum absolute atomic E-state index is 0.000328. The van der Waals surface area contributed by atoms with E-state index in [2.05, 4.69) is 5.32 Å². The summed E-state index contributed by atoms with van der Waals surface area (Å²) in [5.41, 5.74) is 2.11. The van der Waals surface area contributed by atoms with Crippen LogP contribution in [0.15, 0.2) is 72.8 Å². The fourth-order valence-electron chi connectivity index (χ4n) is 3.46. The SMILES string of the molecule is C[C@H](OC(=O)c1ccc2c(c1)C[C@H](c1ccccc1)OC2=O)C(=O)Nc1ccccc1F. The van der Waals surface area contributed by atoms with Gasteiger partial charge in [-0.3, -0.25) is 4.79 Å². The standard InChI is InChI=1S/C25H20FNO5/c1-15(23(28)27-21-10-6-5-9-20(21)26)31-24(29)17-11-12-19-18(13-17)14-22(32-25(19)30)16-7-3-2-4-8-16/h2-13,15,22H,14H2,1H3,(H,27,28)/t15-,22+/m0/s1. The molecule has 0 aliphatic carbocycles. The van der Waals surface area contributed by atoms with Gasteiger partial charge in [0, 0.05) is 6.42 Å². The molecule has 0 unspecified atom stereocenters. The van der Waals surface area contributed by atoms with Gasteiger partial charge in [-0.05, 0) is 48.4 Å². The molecular weight excluding hydrogens is 413 g/mol. The lowest BCUT2D eigenvalue weighted by Gasteiger charge is -2.25. The zero-order valence-corrected chi connectivity index (χ0v) is 17.2. The van der Waals surface area contributed by atoms with Crippen LogP contribution in [-0.4, -0.2) is 23.9 Å². The highest BCUT2D eigenvalue weighted by atomic mass is 19.1. The van der Waals surface area contributed by atoms with Gasteiger partial charge in [0.25, 0.3) is 5.91 Å². The van der Waals surface area contributed by atoms with Crippen molar-refractivity contribution in [2.45, 2.75) is 25.6 Å². The molecule has 3 aromatic carbocycles. The van der Waals surface area contributed by atoms with Gasteiger partial charge >= 0.3 is 11.9 Å². The largest absolute Gasteiger partial charge is 0.454 e. The molecule has 0 spiro atoms. The van der Waals surface area contributed by atoms with Crippen molar-refractivity contribution in [1.82, 2.24) is 0 Å². The fraction of sp³-hybridized carbons (Fsp3) is 0.160. The van der Waals surface area contributed by atoms with Crippen molar-refractivity contribution in [3.05, 3.63) is 101 Å². The molecule has 1 N–H and O–H groups in total. The number of carbonyl (C=O) groups is 3. The average molecular weight is 433 g/mol. The molecule has 1 heterocycles. The summed E-state index contributed by atoms with van der Waals surface area (Å²) in [6, 6.07) is 19.6. The number of hydrogen-bond donors (Lipinski definition) is 1. The summed E-state index contributed by atoms with van der Waals surface area (Å²) < 4.78 is 24.5. The Labute approximate surface area is 184 Å². The zero-order valence-electron chi connectivity index (χ0n) is 17.2. The van der Waals surface area contributed by atoms with Gasteiger partial charge in [0.15, 0.2) is 6.10 Å².